The Kier molecular flexibility index (Phi) is 6.14. The Morgan fingerprint density at radius 3 is 3.08 bits per heavy atom. The lowest BCUT2D eigenvalue weighted by Gasteiger charge is -2.31. The van der Waals surface area contributed by atoms with E-state index in [0.29, 0.717) is 36.9 Å². The number of allylic oxidation sites excluding steroid dienone is 1. The molecular formula is C19H24N4O3. The number of hydrogen-bond acceptors (Lipinski definition) is 5. The molecule has 1 amide bonds. The Bertz CT molecular complexity index is 753. The number of ether oxygens (including phenoxy) is 2. The maximum Gasteiger partial charge on any atom is 0.269 e. The molecule has 1 saturated heterocycles. The third kappa shape index (κ3) is 4.77. The minimum Gasteiger partial charge on any atom is -0.379 e. The van der Waals surface area contributed by atoms with Gasteiger partial charge in [0.15, 0.2) is 0 Å². The van der Waals surface area contributed by atoms with E-state index in [0.717, 1.165) is 6.42 Å². The van der Waals surface area contributed by atoms with Gasteiger partial charge < -0.3 is 14.8 Å². The number of rotatable bonds is 6. The van der Waals surface area contributed by atoms with Crippen LogP contribution in [0.2, 0.25) is 0 Å². The maximum atomic E-state index is 12.6. The van der Waals surface area contributed by atoms with E-state index in [2.05, 4.69) is 20.5 Å². The smallest absolute Gasteiger partial charge is 0.269 e. The molecule has 0 unspecified atom stereocenters. The van der Waals surface area contributed by atoms with Gasteiger partial charge in [-0.15, -0.1) is 0 Å². The van der Waals surface area contributed by atoms with E-state index in [1.165, 1.54) is 5.57 Å². The molecule has 0 aromatic carbocycles. The molecule has 138 valence electrons. The third-order valence-corrected chi connectivity index (χ3v) is 4.16. The lowest BCUT2D eigenvalue weighted by atomic mass is 10.1. The maximum absolute atomic E-state index is 12.6. The van der Waals surface area contributed by atoms with Crippen molar-refractivity contribution in [3.63, 3.8) is 0 Å². The highest BCUT2D eigenvalue weighted by Crippen LogP contribution is 2.16. The summed E-state index contributed by atoms with van der Waals surface area (Å²) < 4.78 is 11.4. The molecule has 7 heteroatoms. The first-order chi connectivity index (χ1) is 12.6. The molecule has 0 spiro atoms. The molecule has 1 aliphatic heterocycles. The summed E-state index contributed by atoms with van der Waals surface area (Å²) in [6.45, 7) is 5.67. The summed E-state index contributed by atoms with van der Waals surface area (Å²) in [6, 6.07) is 7.07. The molecule has 0 aliphatic carbocycles. The first-order valence-electron chi connectivity index (χ1n) is 8.74. The van der Waals surface area contributed by atoms with Gasteiger partial charge in [0.1, 0.15) is 11.4 Å². The quantitative estimate of drug-likeness (QED) is 0.776. The Balaban J connectivity index is 1.62. The second kappa shape index (κ2) is 8.73. The van der Waals surface area contributed by atoms with E-state index in [1.807, 2.05) is 38.1 Å². The largest absolute Gasteiger partial charge is 0.379 e. The molecule has 2 atom stereocenters. The first kappa shape index (κ1) is 18.3. The van der Waals surface area contributed by atoms with Crippen molar-refractivity contribution in [1.82, 2.24) is 20.5 Å². The third-order valence-electron chi connectivity index (χ3n) is 4.16. The van der Waals surface area contributed by atoms with Crippen LogP contribution in [0.4, 0.5) is 0 Å². The molecule has 0 radical (unpaired) electrons. The topological polar surface area (TPSA) is 89.1 Å². The summed E-state index contributed by atoms with van der Waals surface area (Å²) in [6.07, 6.45) is 4.41. The Hall–Kier alpha value is -2.51. The van der Waals surface area contributed by atoms with Crippen molar-refractivity contribution >= 4 is 5.91 Å². The molecule has 2 aromatic rings. The van der Waals surface area contributed by atoms with Crippen LogP contribution < -0.4 is 5.32 Å². The van der Waals surface area contributed by atoms with Gasteiger partial charge in [-0.25, -0.2) is 0 Å². The van der Waals surface area contributed by atoms with Crippen LogP contribution in [0.1, 0.15) is 30.8 Å². The van der Waals surface area contributed by atoms with E-state index < -0.39 is 0 Å². The van der Waals surface area contributed by atoms with Crippen molar-refractivity contribution in [3.8, 4) is 11.4 Å². The average molecular weight is 356 g/mol. The van der Waals surface area contributed by atoms with Crippen LogP contribution in [0.3, 0.4) is 0 Å². The molecule has 2 N–H and O–H groups in total. The Morgan fingerprint density at radius 2 is 2.31 bits per heavy atom. The fourth-order valence-corrected chi connectivity index (χ4v) is 2.72. The predicted molar refractivity (Wildman–Crippen MR) is 97.7 cm³/mol. The lowest BCUT2D eigenvalue weighted by molar-refractivity contribution is -0.0457. The molecule has 26 heavy (non-hydrogen) atoms. The van der Waals surface area contributed by atoms with Gasteiger partial charge in [-0.05, 0) is 38.5 Å². The number of nitrogens with zero attached hydrogens (tertiary/aromatic N) is 2. The minimum absolute atomic E-state index is 0.0681. The number of amides is 1. The van der Waals surface area contributed by atoms with Crippen molar-refractivity contribution in [1.29, 1.82) is 0 Å². The molecule has 0 saturated carbocycles. The fourth-order valence-electron chi connectivity index (χ4n) is 2.72. The molecular weight excluding hydrogens is 332 g/mol. The zero-order chi connectivity index (χ0) is 18.4. The number of H-pyrrole nitrogens is 1. The van der Waals surface area contributed by atoms with Crippen LogP contribution in [0, 0.1) is 0 Å². The zero-order valence-corrected chi connectivity index (χ0v) is 15.1. The van der Waals surface area contributed by atoms with Crippen LogP contribution in [0.15, 0.2) is 42.1 Å². The number of aromatic amines is 1. The van der Waals surface area contributed by atoms with Crippen molar-refractivity contribution in [3.05, 3.63) is 47.8 Å². The highest BCUT2D eigenvalue weighted by atomic mass is 16.5. The summed E-state index contributed by atoms with van der Waals surface area (Å²) in [5.41, 5.74) is 2.94. The summed E-state index contributed by atoms with van der Waals surface area (Å²) in [5.74, 6) is -0.231. The van der Waals surface area contributed by atoms with Crippen LogP contribution in [0.5, 0.6) is 0 Å². The molecule has 1 fully saturated rings. The van der Waals surface area contributed by atoms with E-state index in [4.69, 9.17) is 9.47 Å². The minimum atomic E-state index is -0.231. The van der Waals surface area contributed by atoms with Crippen molar-refractivity contribution in [2.75, 3.05) is 19.8 Å². The standard InChI is InChI=1S/C19H24N4O3/c1-13(2)6-10-26-18-7-9-25-12-17(18)21-19(24)16-11-15(22-23-16)14-5-3-4-8-20-14/h3-6,8,11,17-18H,7,9-10,12H2,1-2H3,(H,21,24)(H,22,23)/t17-,18+/m1/s1. The zero-order valence-electron chi connectivity index (χ0n) is 15.1. The molecule has 0 bridgehead atoms. The predicted octanol–water partition coefficient (Wildman–Crippen LogP) is 2.34. The van der Waals surface area contributed by atoms with Crippen LogP contribution >= 0.6 is 0 Å². The second-order valence-corrected chi connectivity index (χ2v) is 6.48. The van der Waals surface area contributed by atoms with Crippen molar-refractivity contribution < 1.29 is 14.3 Å². The molecule has 1 aliphatic rings. The molecule has 3 heterocycles. The SMILES string of the molecule is CC(C)=CCO[C@H]1CCOC[C@H]1NC(=O)c1cc(-c2ccccn2)n[nH]1. The normalized spacial score (nSPS) is 19.8. The van der Waals surface area contributed by atoms with Crippen LogP contribution in [-0.4, -0.2) is 53.1 Å². The number of aromatic nitrogens is 3. The first-order valence-corrected chi connectivity index (χ1v) is 8.74. The summed E-state index contributed by atoms with van der Waals surface area (Å²) in [5, 5.41) is 9.93. The fraction of sp³-hybridized carbons (Fsp3) is 0.421. The molecule has 3 rings (SSSR count). The monoisotopic (exact) mass is 356 g/mol. The van der Waals surface area contributed by atoms with Gasteiger partial charge in [0.2, 0.25) is 0 Å². The van der Waals surface area contributed by atoms with E-state index >= 15 is 0 Å². The van der Waals surface area contributed by atoms with E-state index in [1.54, 1.807) is 12.3 Å². The van der Waals surface area contributed by atoms with Gasteiger partial charge in [0.25, 0.3) is 5.91 Å². The van der Waals surface area contributed by atoms with Gasteiger partial charge in [0.05, 0.1) is 31.1 Å². The number of hydrogen-bond donors (Lipinski definition) is 2. The number of carbonyl (C=O) groups excluding carboxylic acids is 1. The number of carbonyl (C=O) groups is 1. The van der Waals surface area contributed by atoms with Gasteiger partial charge >= 0.3 is 0 Å². The Morgan fingerprint density at radius 1 is 1.42 bits per heavy atom. The van der Waals surface area contributed by atoms with E-state index in [-0.39, 0.29) is 18.1 Å². The lowest BCUT2D eigenvalue weighted by Crippen LogP contribution is -2.50. The summed E-state index contributed by atoms with van der Waals surface area (Å²) in [7, 11) is 0. The van der Waals surface area contributed by atoms with Gasteiger partial charge in [0, 0.05) is 12.8 Å². The molecule has 2 aromatic heterocycles. The van der Waals surface area contributed by atoms with Gasteiger partial charge in [-0.2, -0.15) is 5.10 Å². The summed E-state index contributed by atoms with van der Waals surface area (Å²) in [4.78, 5) is 16.8. The molecule has 7 nitrogen and oxygen atoms in total. The van der Waals surface area contributed by atoms with Crippen molar-refractivity contribution in [2.24, 2.45) is 0 Å². The highest BCUT2D eigenvalue weighted by Gasteiger charge is 2.28. The Labute approximate surface area is 152 Å². The average Bonchev–Trinajstić information content (AvgIpc) is 3.14. The van der Waals surface area contributed by atoms with Crippen LogP contribution in [0.25, 0.3) is 11.4 Å². The summed E-state index contributed by atoms with van der Waals surface area (Å²) >= 11 is 0. The van der Waals surface area contributed by atoms with Gasteiger partial charge in [-0.1, -0.05) is 17.7 Å². The van der Waals surface area contributed by atoms with Crippen LogP contribution in [-0.2, 0) is 9.47 Å². The van der Waals surface area contributed by atoms with Gasteiger partial charge in [-0.3, -0.25) is 14.9 Å². The number of nitrogens with one attached hydrogen (secondary N) is 2. The van der Waals surface area contributed by atoms with E-state index in [9.17, 15) is 4.79 Å². The second-order valence-electron chi connectivity index (χ2n) is 6.48. The van der Waals surface area contributed by atoms with Crippen molar-refractivity contribution in [2.45, 2.75) is 32.4 Å². The highest BCUT2D eigenvalue weighted by molar-refractivity contribution is 5.93. The number of pyridine rings is 1.